The summed E-state index contributed by atoms with van der Waals surface area (Å²) in [7, 11) is 0.640. The molecular formula is C31H45F2N9O3S. The van der Waals surface area contributed by atoms with Crippen molar-refractivity contribution in [1.82, 2.24) is 34.0 Å². The Labute approximate surface area is 269 Å². The fraction of sp³-hybridized carbons (Fsp3) is 0.613. The zero-order valence-electron chi connectivity index (χ0n) is 27.0. The van der Waals surface area contributed by atoms with E-state index in [-0.39, 0.29) is 35.6 Å². The summed E-state index contributed by atoms with van der Waals surface area (Å²) in [6, 6.07) is 3.28. The van der Waals surface area contributed by atoms with Gasteiger partial charge >= 0.3 is 0 Å². The van der Waals surface area contributed by atoms with Gasteiger partial charge in [0.05, 0.1) is 18.1 Å². The second kappa shape index (κ2) is 14.6. The summed E-state index contributed by atoms with van der Waals surface area (Å²) >= 11 is 0. The second-order valence-electron chi connectivity index (χ2n) is 12.7. The van der Waals surface area contributed by atoms with Crippen LogP contribution < -0.4 is 15.4 Å². The summed E-state index contributed by atoms with van der Waals surface area (Å²) < 4.78 is 56.3. The minimum atomic E-state index is -3.26. The second-order valence-corrected chi connectivity index (χ2v) is 14.5. The van der Waals surface area contributed by atoms with Crippen molar-refractivity contribution < 1.29 is 22.0 Å². The quantitative estimate of drug-likeness (QED) is 0.260. The standard InChI is InChI=1S/C31H45F2N9O3S/c1-5-40(2)16-17-41(3)29(43)20-6-13-24(14-7-20)42-28-27(37-31(42)36-26-15-8-21(32)18-25(26)33)19-34-30(38-28)35-22-9-11-23(12-10-22)39-46(4,44)45/h8,15,18-20,22-24,39H,5-7,9-14,16-17H2,1-4H3,(H,36,37)(H,34,35,38). The summed E-state index contributed by atoms with van der Waals surface area (Å²) in [5, 5.41) is 6.45. The number of likely N-dealkylation sites (N-methyl/N-ethyl adjacent to an activating group) is 2. The zero-order valence-corrected chi connectivity index (χ0v) is 27.8. The molecule has 12 nitrogen and oxygen atoms in total. The van der Waals surface area contributed by atoms with Crippen molar-refractivity contribution in [2.75, 3.05) is 50.6 Å². The molecule has 5 rings (SSSR count). The van der Waals surface area contributed by atoms with E-state index in [1.54, 1.807) is 6.20 Å². The number of hydrogen-bond acceptors (Lipinski definition) is 9. The lowest BCUT2D eigenvalue weighted by molar-refractivity contribution is -0.135. The Hall–Kier alpha value is -3.43. The van der Waals surface area contributed by atoms with Crippen molar-refractivity contribution >= 4 is 44.7 Å². The van der Waals surface area contributed by atoms with Gasteiger partial charge in [0.2, 0.25) is 27.8 Å². The number of carbonyl (C=O) groups is 1. The summed E-state index contributed by atoms with van der Waals surface area (Å²) in [6.45, 7) is 4.51. The lowest BCUT2D eigenvalue weighted by atomic mass is 9.85. The topological polar surface area (TPSA) is 137 Å². The van der Waals surface area contributed by atoms with Crippen LogP contribution in [0.4, 0.5) is 26.4 Å². The molecule has 0 radical (unpaired) electrons. The number of anilines is 3. The molecule has 0 aliphatic heterocycles. The van der Waals surface area contributed by atoms with Crippen LogP contribution in [0.5, 0.6) is 0 Å². The van der Waals surface area contributed by atoms with Crippen molar-refractivity contribution in [2.45, 2.75) is 76.4 Å². The van der Waals surface area contributed by atoms with E-state index in [9.17, 15) is 22.0 Å². The number of aromatic nitrogens is 4. The number of nitrogens with one attached hydrogen (secondary N) is 3. The van der Waals surface area contributed by atoms with Gasteiger partial charge in [-0.3, -0.25) is 9.36 Å². The van der Waals surface area contributed by atoms with Crippen molar-refractivity contribution in [1.29, 1.82) is 0 Å². The Morgan fingerprint density at radius 3 is 2.35 bits per heavy atom. The average Bonchev–Trinajstić information content (AvgIpc) is 3.38. The Kier molecular flexibility index (Phi) is 10.7. The van der Waals surface area contributed by atoms with Gasteiger partial charge in [-0.15, -0.1) is 0 Å². The smallest absolute Gasteiger partial charge is 0.225 e. The maximum Gasteiger partial charge on any atom is 0.225 e. The molecule has 0 unspecified atom stereocenters. The average molecular weight is 662 g/mol. The van der Waals surface area contributed by atoms with E-state index in [4.69, 9.17) is 9.97 Å². The van der Waals surface area contributed by atoms with Crippen LogP contribution in [-0.2, 0) is 14.8 Å². The fourth-order valence-electron chi connectivity index (χ4n) is 6.43. The molecule has 1 aromatic carbocycles. The molecule has 1 amide bonds. The number of imidazole rings is 1. The van der Waals surface area contributed by atoms with Crippen molar-refractivity contribution in [2.24, 2.45) is 5.92 Å². The molecule has 2 saturated carbocycles. The molecule has 3 N–H and O–H groups in total. The van der Waals surface area contributed by atoms with Crippen molar-refractivity contribution in [3.8, 4) is 0 Å². The minimum Gasteiger partial charge on any atom is -0.351 e. The molecule has 2 heterocycles. The predicted octanol–water partition coefficient (Wildman–Crippen LogP) is 4.26. The van der Waals surface area contributed by atoms with Gasteiger partial charge in [0.15, 0.2) is 5.65 Å². The molecule has 3 aromatic rings. The first-order valence-corrected chi connectivity index (χ1v) is 17.9. The molecule has 0 saturated heterocycles. The predicted molar refractivity (Wildman–Crippen MR) is 174 cm³/mol. The summed E-state index contributed by atoms with van der Waals surface area (Å²) in [5.41, 5.74) is 1.19. The highest BCUT2D eigenvalue weighted by Gasteiger charge is 2.32. The third kappa shape index (κ3) is 8.48. The van der Waals surface area contributed by atoms with E-state index < -0.39 is 21.7 Å². The Morgan fingerprint density at radius 2 is 1.70 bits per heavy atom. The van der Waals surface area contributed by atoms with Gasteiger partial charge in [0, 0.05) is 50.2 Å². The number of hydrogen-bond donors (Lipinski definition) is 3. The van der Waals surface area contributed by atoms with Gasteiger partial charge < -0.3 is 20.4 Å². The lowest BCUT2D eigenvalue weighted by Gasteiger charge is -2.32. The molecule has 252 valence electrons. The van der Waals surface area contributed by atoms with Gasteiger partial charge in [0.25, 0.3) is 0 Å². The summed E-state index contributed by atoms with van der Waals surface area (Å²) in [5.74, 6) is -0.537. The van der Waals surface area contributed by atoms with Crippen LogP contribution in [-0.4, -0.2) is 95.7 Å². The fourth-order valence-corrected chi connectivity index (χ4v) is 7.27. The maximum absolute atomic E-state index is 14.7. The van der Waals surface area contributed by atoms with Gasteiger partial charge in [-0.2, -0.15) is 4.98 Å². The van der Waals surface area contributed by atoms with Gasteiger partial charge in [-0.25, -0.2) is 31.9 Å². The molecule has 2 aliphatic carbocycles. The van der Waals surface area contributed by atoms with Crippen LogP contribution in [0.25, 0.3) is 11.2 Å². The van der Waals surface area contributed by atoms with Crippen LogP contribution in [0.2, 0.25) is 0 Å². The van der Waals surface area contributed by atoms with Crippen LogP contribution in [0, 0.1) is 17.6 Å². The number of fused-ring (bicyclic) bond motifs is 1. The summed E-state index contributed by atoms with van der Waals surface area (Å²) in [6.07, 6.45) is 8.52. The first-order chi connectivity index (χ1) is 21.9. The zero-order chi connectivity index (χ0) is 33.0. The summed E-state index contributed by atoms with van der Waals surface area (Å²) in [4.78, 5) is 31.3. The molecule has 46 heavy (non-hydrogen) atoms. The SMILES string of the molecule is CCN(C)CCN(C)C(=O)C1CCC(n2c(Nc3ccc(F)cc3F)nc3cnc(NC4CCC(NS(C)(=O)=O)CC4)nc32)CC1. The molecule has 2 aliphatic rings. The highest BCUT2D eigenvalue weighted by Crippen LogP contribution is 2.38. The highest BCUT2D eigenvalue weighted by molar-refractivity contribution is 7.88. The number of sulfonamides is 1. The van der Waals surface area contributed by atoms with Gasteiger partial charge in [0.1, 0.15) is 17.2 Å². The molecule has 0 spiro atoms. The number of amides is 1. The van der Waals surface area contributed by atoms with E-state index in [1.807, 2.05) is 23.6 Å². The number of rotatable bonds is 12. The Bertz CT molecular complexity index is 1620. The third-order valence-corrected chi connectivity index (χ3v) is 9.96. The van der Waals surface area contributed by atoms with Gasteiger partial charge in [-0.05, 0) is 77.1 Å². The Morgan fingerprint density at radius 1 is 1.00 bits per heavy atom. The molecule has 2 fully saturated rings. The highest BCUT2D eigenvalue weighted by atomic mass is 32.2. The van der Waals surface area contributed by atoms with E-state index >= 15 is 0 Å². The van der Waals surface area contributed by atoms with Crippen LogP contribution in [0.3, 0.4) is 0 Å². The molecular weight excluding hydrogens is 616 g/mol. The van der Waals surface area contributed by atoms with Crippen LogP contribution in [0.15, 0.2) is 24.4 Å². The van der Waals surface area contributed by atoms with Crippen molar-refractivity contribution in [3.05, 3.63) is 36.0 Å². The van der Waals surface area contributed by atoms with Crippen LogP contribution in [0.1, 0.15) is 64.3 Å². The monoisotopic (exact) mass is 661 g/mol. The van der Waals surface area contributed by atoms with E-state index in [0.717, 1.165) is 32.0 Å². The van der Waals surface area contributed by atoms with Gasteiger partial charge in [-0.1, -0.05) is 6.92 Å². The molecule has 2 aromatic heterocycles. The largest absolute Gasteiger partial charge is 0.351 e. The Balaban J connectivity index is 1.35. The van der Waals surface area contributed by atoms with E-state index in [0.29, 0.717) is 68.1 Å². The number of nitrogens with zero attached hydrogens (tertiary/aromatic N) is 6. The number of benzene rings is 1. The first-order valence-electron chi connectivity index (χ1n) is 16.0. The normalized spacial score (nSPS) is 22.2. The maximum atomic E-state index is 14.7. The first kappa shape index (κ1) is 33.9. The number of halogens is 2. The van der Waals surface area contributed by atoms with E-state index in [2.05, 4.69) is 32.2 Å². The molecule has 0 atom stereocenters. The van der Waals surface area contributed by atoms with E-state index in [1.165, 1.54) is 18.4 Å². The minimum absolute atomic E-state index is 0.0585. The third-order valence-electron chi connectivity index (χ3n) is 9.20. The number of carbonyl (C=O) groups excluding carboxylic acids is 1. The van der Waals surface area contributed by atoms with Crippen molar-refractivity contribution in [3.63, 3.8) is 0 Å². The lowest BCUT2D eigenvalue weighted by Crippen LogP contribution is -2.39. The molecule has 15 heteroatoms. The van der Waals surface area contributed by atoms with Crippen LogP contribution >= 0.6 is 0 Å². The molecule has 0 bridgehead atoms.